The number of carbonyl (C=O) groups excluding carboxylic acids is 1. The van der Waals surface area contributed by atoms with Gasteiger partial charge in [-0.25, -0.2) is 16.8 Å². The van der Waals surface area contributed by atoms with Crippen LogP contribution < -0.4 is 5.32 Å². The second kappa shape index (κ2) is 10.3. The van der Waals surface area contributed by atoms with Crippen LogP contribution in [0.2, 0.25) is 0 Å². The van der Waals surface area contributed by atoms with Gasteiger partial charge in [-0.15, -0.1) is 0 Å². The lowest BCUT2D eigenvalue weighted by Gasteiger charge is -2.31. The van der Waals surface area contributed by atoms with E-state index in [0.717, 1.165) is 11.0 Å². The lowest BCUT2D eigenvalue weighted by Crippen LogP contribution is -2.48. The van der Waals surface area contributed by atoms with Crippen LogP contribution in [-0.4, -0.2) is 84.3 Å². The van der Waals surface area contributed by atoms with E-state index in [9.17, 15) is 65.5 Å². The van der Waals surface area contributed by atoms with Crippen molar-refractivity contribution in [1.29, 1.82) is 0 Å². The third-order valence-electron chi connectivity index (χ3n) is 2.96. The first-order valence-electron chi connectivity index (χ1n) is 7.90. The summed E-state index contributed by atoms with van der Waals surface area (Å²) in [5.41, 5.74) is 0.566. The summed E-state index contributed by atoms with van der Waals surface area (Å²) in [6.45, 7) is 6.90. The number of alkyl halides is 10. The van der Waals surface area contributed by atoms with Crippen LogP contribution in [0.5, 0.6) is 0 Å². The first kappa shape index (κ1) is 33.5. The molecule has 0 aliphatic rings. The predicted octanol–water partition coefficient (Wildman–Crippen LogP) is 2.71. The molecule has 33 heavy (non-hydrogen) atoms. The molecule has 1 N–H and O–H groups in total. The van der Waals surface area contributed by atoms with Crippen molar-refractivity contribution >= 4 is 26.0 Å². The smallest absolute Gasteiger partial charge is 0.425 e. The van der Waals surface area contributed by atoms with Gasteiger partial charge in [0.05, 0.1) is 34.2 Å². The minimum Gasteiger partial charge on any atom is -0.425 e. The Labute approximate surface area is 182 Å². The molecule has 8 nitrogen and oxygen atoms in total. The van der Waals surface area contributed by atoms with Crippen LogP contribution in [0.15, 0.2) is 12.2 Å². The van der Waals surface area contributed by atoms with Gasteiger partial charge in [-0.05, 0) is 6.92 Å². The molecule has 0 saturated carbocycles. The molecule has 198 valence electrons. The number of rotatable bonds is 8. The van der Waals surface area contributed by atoms with Gasteiger partial charge in [0.25, 0.3) is 0 Å². The number of nitrogens with zero attached hydrogens (tertiary/aromatic N) is 2. The van der Waals surface area contributed by atoms with Gasteiger partial charge >= 0.3 is 22.9 Å². The van der Waals surface area contributed by atoms with Gasteiger partial charge in [0.1, 0.15) is 0 Å². The van der Waals surface area contributed by atoms with Crippen LogP contribution in [0.1, 0.15) is 6.92 Å². The van der Waals surface area contributed by atoms with E-state index in [4.69, 9.17) is 0 Å². The van der Waals surface area contributed by atoms with Crippen molar-refractivity contribution in [2.75, 3.05) is 34.2 Å². The fraction of sp³-hybridized carbons (Fsp3) is 0.769. The molecular weight excluding hydrogens is 532 g/mol. The zero-order valence-corrected chi connectivity index (χ0v) is 18.8. The molecule has 0 spiro atoms. The SMILES string of the molecule is C=C(C)C(=O)NCC[N+](C)(C)C.O=S(=O)([N-]S(=O)(=O)C(F)(F)C(F)(F)F)C(F)(F)C(F)(F)F. The van der Waals surface area contributed by atoms with E-state index < -0.39 is 42.9 Å². The number of likely N-dealkylation sites (N-methyl/N-ethyl adjacent to an activating group) is 1. The van der Waals surface area contributed by atoms with Gasteiger partial charge in [-0.2, -0.15) is 43.9 Å². The van der Waals surface area contributed by atoms with Crippen molar-refractivity contribution in [3.63, 3.8) is 0 Å². The van der Waals surface area contributed by atoms with Gasteiger partial charge in [0.15, 0.2) is 20.0 Å². The Morgan fingerprint density at radius 3 is 1.33 bits per heavy atom. The van der Waals surface area contributed by atoms with Crippen molar-refractivity contribution in [2.45, 2.75) is 29.8 Å². The number of carbonyl (C=O) groups is 1. The van der Waals surface area contributed by atoms with E-state index in [2.05, 4.69) is 33.0 Å². The average Bonchev–Trinajstić information content (AvgIpc) is 2.50. The third-order valence-corrected chi connectivity index (χ3v) is 6.29. The Bertz CT molecular complexity index is 866. The molecule has 0 atom stereocenters. The van der Waals surface area contributed by atoms with Gasteiger partial charge in [-0.1, -0.05) is 6.58 Å². The lowest BCUT2D eigenvalue weighted by molar-refractivity contribution is -0.869. The number of sulfonamides is 2. The highest BCUT2D eigenvalue weighted by molar-refractivity contribution is 8.13. The van der Waals surface area contributed by atoms with Crippen LogP contribution in [0.25, 0.3) is 4.13 Å². The molecule has 0 aliphatic carbocycles. The van der Waals surface area contributed by atoms with Crippen LogP contribution >= 0.6 is 0 Å². The van der Waals surface area contributed by atoms with Crippen molar-refractivity contribution in [1.82, 2.24) is 5.32 Å². The molecular formula is C13H19F10N3O5S2. The molecule has 0 fully saturated rings. The summed E-state index contributed by atoms with van der Waals surface area (Å²) in [6.07, 6.45) is -14.0. The van der Waals surface area contributed by atoms with Gasteiger partial charge in [-0.3, -0.25) is 4.79 Å². The number of quaternary nitrogens is 1. The molecule has 0 aromatic rings. The van der Waals surface area contributed by atoms with Crippen molar-refractivity contribution in [3.05, 3.63) is 16.3 Å². The van der Waals surface area contributed by atoms with Crippen LogP contribution in [0, 0.1) is 0 Å². The van der Waals surface area contributed by atoms with Crippen molar-refractivity contribution < 1.29 is 70.0 Å². The average molecular weight is 551 g/mol. The standard InChI is InChI=1S/C9H18N2O.C4F10NO4S2/c1-8(2)9(12)10-6-7-11(3,4)5;5-1(6,7)3(11,12)20(16,17)15-21(18,19)4(13,14)2(8,9)10/h1,6-7H2,2-5H3;/q;-1/p+1. The number of halogens is 10. The molecule has 1 amide bonds. The van der Waals surface area contributed by atoms with Gasteiger partial charge < -0.3 is 13.9 Å². The van der Waals surface area contributed by atoms with E-state index in [1.54, 1.807) is 6.92 Å². The number of hydrogen-bond acceptors (Lipinski definition) is 5. The van der Waals surface area contributed by atoms with Crippen molar-refractivity contribution in [2.24, 2.45) is 0 Å². The fourth-order valence-corrected chi connectivity index (χ4v) is 3.54. The summed E-state index contributed by atoms with van der Waals surface area (Å²) in [5.74, 6) is -0.0524. The molecule has 0 aromatic carbocycles. The second-order valence-electron chi connectivity index (χ2n) is 7.10. The number of amides is 1. The van der Waals surface area contributed by atoms with E-state index in [0.29, 0.717) is 16.2 Å². The largest absolute Gasteiger partial charge is 0.467 e. The summed E-state index contributed by atoms with van der Waals surface area (Å²) in [7, 11) is -8.97. The molecule has 0 radical (unpaired) electrons. The maximum atomic E-state index is 12.3. The monoisotopic (exact) mass is 551 g/mol. The normalized spacial score (nSPS) is 14.2. The quantitative estimate of drug-likeness (QED) is 0.283. The highest BCUT2D eigenvalue weighted by Gasteiger charge is 2.68. The minimum absolute atomic E-state index is 0.0524. The minimum atomic E-state index is -7.62. The Morgan fingerprint density at radius 2 is 1.12 bits per heavy atom. The predicted molar refractivity (Wildman–Crippen MR) is 93.9 cm³/mol. The molecule has 20 heteroatoms. The maximum Gasteiger partial charge on any atom is 0.467 e. The van der Waals surface area contributed by atoms with Crippen LogP contribution in [-0.2, 0) is 24.8 Å². The molecule has 0 rings (SSSR count). The molecule has 0 unspecified atom stereocenters. The Balaban J connectivity index is 0. The Hall–Kier alpha value is -1.67. The summed E-state index contributed by atoms with van der Waals surface area (Å²) in [6, 6.07) is 0. The highest BCUT2D eigenvalue weighted by atomic mass is 32.3. The topological polar surface area (TPSA) is 111 Å². The number of hydrogen-bond donors (Lipinski definition) is 1. The molecule has 0 heterocycles. The zero-order valence-electron chi connectivity index (χ0n) is 17.2. The van der Waals surface area contributed by atoms with E-state index in [-0.39, 0.29) is 5.91 Å². The summed E-state index contributed by atoms with van der Waals surface area (Å²) < 4.78 is 162. The van der Waals surface area contributed by atoms with E-state index in [1.807, 2.05) is 0 Å². The molecule has 0 saturated heterocycles. The summed E-state index contributed by atoms with van der Waals surface area (Å²) in [4.78, 5) is 11.0. The van der Waals surface area contributed by atoms with Crippen LogP contribution in [0.3, 0.4) is 0 Å². The van der Waals surface area contributed by atoms with E-state index >= 15 is 0 Å². The first-order valence-corrected chi connectivity index (χ1v) is 10.8. The second-order valence-corrected chi connectivity index (χ2v) is 10.6. The fourth-order valence-electron chi connectivity index (χ4n) is 1.17. The zero-order chi connectivity index (χ0) is 27.5. The molecule has 0 aromatic heterocycles. The van der Waals surface area contributed by atoms with Gasteiger partial charge in [0, 0.05) is 5.57 Å². The van der Waals surface area contributed by atoms with E-state index in [1.165, 1.54) is 0 Å². The maximum absolute atomic E-state index is 12.3. The highest BCUT2D eigenvalue weighted by Crippen LogP contribution is 2.47. The molecule has 0 bridgehead atoms. The Morgan fingerprint density at radius 1 is 0.818 bits per heavy atom. The van der Waals surface area contributed by atoms with Crippen LogP contribution in [0.4, 0.5) is 43.9 Å². The molecule has 0 aliphatic heterocycles. The third kappa shape index (κ3) is 9.24. The summed E-state index contributed by atoms with van der Waals surface area (Å²) in [5, 5.41) is -11.2. The first-order chi connectivity index (χ1) is 14.0. The number of nitrogens with one attached hydrogen (secondary N) is 1. The van der Waals surface area contributed by atoms with Gasteiger partial charge in [0.2, 0.25) is 5.91 Å². The summed E-state index contributed by atoms with van der Waals surface area (Å²) >= 11 is 0. The Kier molecular flexibility index (Phi) is 10.5. The van der Waals surface area contributed by atoms with Crippen molar-refractivity contribution in [3.8, 4) is 0 Å². The lowest BCUT2D eigenvalue weighted by atomic mass is 10.3.